The molecule has 4 N–H and O–H groups in total. The lowest BCUT2D eigenvalue weighted by Gasteiger charge is -2.13. The Labute approximate surface area is 164 Å². The summed E-state index contributed by atoms with van der Waals surface area (Å²) < 4.78 is 21.7. The molecule has 1 saturated heterocycles. The number of imide groups is 1. The number of benzene rings is 2. The highest BCUT2D eigenvalue weighted by atomic mass is 32.2. The zero-order valence-electron chi connectivity index (χ0n) is 13.7. The van der Waals surface area contributed by atoms with E-state index in [4.69, 9.17) is 10.9 Å². The Bertz CT molecular complexity index is 1010. The average Bonchev–Trinajstić information content (AvgIpc) is 2.88. The number of sulfonamides is 1. The van der Waals surface area contributed by atoms with Crippen LogP contribution < -0.4 is 15.8 Å². The Morgan fingerprint density at radius 2 is 1.70 bits per heavy atom. The van der Waals surface area contributed by atoms with E-state index >= 15 is 0 Å². The van der Waals surface area contributed by atoms with Gasteiger partial charge in [0.15, 0.2) is 5.17 Å². The topological polar surface area (TPSA) is 136 Å². The van der Waals surface area contributed by atoms with Gasteiger partial charge in [-0.3, -0.25) is 9.59 Å². The summed E-state index contributed by atoms with van der Waals surface area (Å²) in [5.74, 6) is -0.385. The first-order valence-electron chi connectivity index (χ1n) is 7.49. The number of carbonyl (C=O) groups is 2. The molecule has 140 valence electrons. The van der Waals surface area contributed by atoms with Crippen LogP contribution in [0.15, 0.2) is 64.5 Å². The molecule has 0 bridgehead atoms. The fourth-order valence-corrected chi connectivity index (χ4v) is 4.77. The maximum atomic E-state index is 12.5. The maximum absolute atomic E-state index is 12.5. The molecule has 3 rings (SSSR count). The van der Waals surface area contributed by atoms with Gasteiger partial charge >= 0.3 is 0 Å². The van der Waals surface area contributed by atoms with Crippen LogP contribution in [-0.2, 0) is 14.8 Å². The highest BCUT2D eigenvalue weighted by Crippen LogP contribution is 2.37. The second-order valence-corrected chi connectivity index (χ2v) is 9.37. The number of amides is 2. The van der Waals surface area contributed by atoms with Crippen molar-refractivity contribution in [3.8, 4) is 0 Å². The van der Waals surface area contributed by atoms with Crippen LogP contribution in [0.25, 0.3) is 0 Å². The van der Waals surface area contributed by atoms with Crippen molar-refractivity contribution >= 4 is 61.2 Å². The number of para-hydroxylation sites is 1. The van der Waals surface area contributed by atoms with Crippen molar-refractivity contribution in [3.05, 3.63) is 54.6 Å². The van der Waals surface area contributed by atoms with Gasteiger partial charge in [-0.05, 0) is 48.2 Å². The minimum absolute atomic E-state index is 0.0432. The lowest BCUT2D eigenvalue weighted by atomic mass is 10.3. The number of carbonyl (C=O) groups excluding carboxylic acids is 2. The molecule has 0 aromatic heterocycles. The first-order valence-corrected chi connectivity index (χ1v) is 10.8. The van der Waals surface area contributed by atoms with Crippen molar-refractivity contribution in [2.75, 3.05) is 4.90 Å². The molecule has 1 aliphatic rings. The molecule has 2 amide bonds. The van der Waals surface area contributed by atoms with E-state index in [9.17, 15) is 18.0 Å². The summed E-state index contributed by atoms with van der Waals surface area (Å²) in [6.07, 6.45) is 0. The van der Waals surface area contributed by atoms with Crippen LogP contribution in [0.3, 0.4) is 0 Å². The molecule has 27 heavy (non-hydrogen) atoms. The number of amidine groups is 1. The van der Waals surface area contributed by atoms with Gasteiger partial charge in [0.2, 0.25) is 10.0 Å². The fourth-order valence-electron chi connectivity index (χ4n) is 2.25. The number of aliphatic imine (C=N–C) groups is 1. The standard InChI is InChI=1S/C16H14N4O4S3/c17-15(19-10-6-8-12(9-7-10)27(18,23)24)25-14-13(21)20(16(22)26-14)11-4-2-1-3-5-11/h1-9,14H,(H2,17,19)(H2,18,23,24)/t14-/m0/s1. The number of rotatable bonds is 4. The molecule has 0 unspecified atom stereocenters. The lowest BCUT2D eigenvalue weighted by Crippen LogP contribution is -2.31. The van der Waals surface area contributed by atoms with Gasteiger partial charge in [-0.15, -0.1) is 0 Å². The second kappa shape index (κ2) is 7.72. The number of primary sulfonamides is 1. The van der Waals surface area contributed by atoms with Crippen LogP contribution in [0, 0.1) is 0 Å². The fraction of sp³-hybridized carbons (Fsp3) is 0.0625. The third kappa shape index (κ3) is 4.50. The smallest absolute Gasteiger partial charge is 0.294 e. The van der Waals surface area contributed by atoms with Crippen molar-refractivity contribution in [2.45, 2.75) is 9.48 Å². The van der Waals surface area contributed by atoms with Crippen molar-refractivity contribution in [1.29, 1.82) is 0 Å². The van der Waals surface area contributed by atoms with Crippen molar-refractivity contribution in [3.63, 3.8) is 0 Å². The van der Waals surface area contributed by atoms with E-state index in [-0.39, 0.29) is 21.2 Å². The predicted molar refractivity (Wildman–Crippen MR) is 107 cm³/mol. The molecule has 1 atom stereocenters. The van der Waals surface area contributed by atoms with Crippen molar-refractivity contribution < 1.29 is 18.0 Å². The first kappa shape index (κ1) is 19.4. The van der Waals surface area contributed by atoms with E-state index in [0.29, 0.717) is 11.4 Å². The van der Waals surface area contributed by atoms with E-state index in [1.807, 2.05) is 0 Å². The zero-order chi connectivity index (χ0) is 19.6. The first-order chi connectivity index (χ1) is 12.8. The largest absolute Gasteiger partial charge is 0.378 e. The van der Waals surface area contributed by atoms with Gasteiger partial charge < -0.3 is 5.73 Å². The van der Waals surface area contributed by atoms with Crippen LogP contribution in [0.2, 0.25) is 0 Å². The summed E-state index contributed by atoms with van der Waals surface area (Å²) in [4.78, 5) is 29.9. The van der Waals surface area contributed by atoms with Gasteiger partial charge in [-0.1, -0.05) is 30.0 Å². The van der Waals surface area contributed by atoms with Gasteiger partial charge in [0.1, 0.15) is 4.58 Å². The number of nitrogens with zero attached hydrogens (tertiary/aromatic N) is 2. The van der Waals surface area contributed by atoms with E-state index in [1.165, 1.54) is 24.3 Å². The Morgan fingerprint density at radius 3 is 2.30 bits per heavy atom. The molecule has 2 aromatic rings. The maximum Gasteiger partial charge on any atom is 0.294 e. The molecule has 2 aromatic carbocycles. The van der Waals surface area contributed by atoms with Gasteiger partial charge in [0, 0.05) is 0 Å². The SMILES string of the molecule is NC(=Nc1ccc(S(N)(=O)=O)cc1)S[C@H]1SC(=O)N(c2ccccc2)C1=O. The molecule has 0 radical (unpaired) electrons. The zero-order valence-corrected chi connectivity index (χ0v) is 16.1. The van der Waals surface area contributed by atoms with Crippen LogP contribution in [0.4, 0.5) is 16.2 Å². The Balaban J connectivity index is 1.72. The van der Waals surface area contributed by atoms with E-state index in [0.717, 1.165) is 28.4 Å². The normalized spacial score (nSPS) is 18.2. The van der Waals surface area contributed by atoms with Gasteiger partial charge in [0.25, 0.3) is 11.1 Å². The summed E-state index contributed by atoms with van der Waals surface area (Å²) in [7, 11) is -3.79. The number of nitrogens with two attached hydrogens (primary N) is 2. The lowest BCUT2D eigenvalue weighted by molar-refractivity contribution is -0.115. The van der Waals surface area contributed by atoms with Crippen molar-refractivity contribution in [1.82, 2.24) is 0 Å². The van der Waals surface area contributed by atoms with E-state index in [2.05, 4.69) is 4.99 Å². The third-order valence-electron chi connectivity index (χ3n) is 3.46. The van der Waals surface area contributed by atoms with Crippen LogP contribution in [0.5, 0.6) is 0 Å². The molecule has 1 aliphatic heterocycles. The second-order valence-electron chi connectivity index (χ2n) is 5.33. The third-order valence-corrected chi connectivity index (χ3v) is 6.51. The summed E-state index contributed by atoms with van der Waals surface area (Å²) in [5, 5.41) is 4.73. The van der Waals surface area contributed by atoms with Crippen LogP contribution in [0.1, 0.15) is 0 Å². The van der Waals surface area contributed by atoms with Crippen LogP contribution in [-0.4, -0.2) is 29.3 Å². The molecule has 0 spiro atoms. The molecule has 8 nitrogen and oxygen atoms in total. The summed E-state index contributed by atoms with van der Waals surface area (Å²) >= 11 is 1.82. The minimum atomic E-state index is -3.79. The van der Waals surface area contributed by atoms with E-state index in [1.54, 1.807) is 30.3 Å². The summed E-state index contributed by atoms with van der Waals surface area (Å²) in [6.45, 7) is 0. The molecule has 11 heteroatoms. The van der Waals surface area contributed by atoms with Crippen molar-refractivity contribution in [2.24, 2.45) is 15.9 Å². The molecular weight excluding hydrogens is 408 g/mol. The monoisotopic (exact) mass is 422 g/mol. The average molecular weight is 423 g/mol. The van der Waals surface area contributed by atoms with E-state index < -0.39 is 14.6 Å². The molecule has 0 saturated carbocycles. The highest BCUT2D eigenvalue weighted by molar-refractivity contribution is 8.31. The molecule has 1 fully saturated rings. The van der Waals surface area contributed by atoms with Gasteiger partial charge in [-0.2, -0.15) is 0 Å². The van der Waals surface area contributed by atoms with Gasteiger partial charge in [0.05, 0.1) is 16.3 Å². The Morgan fingerprint density at radius 1 is 1.07 bits per heavy atom. The quantitative estimate of drug-likeness (QED) is 0.569. The molecule has 0 aliphatic carbocycles. The number of anilines is 1. The summed E-state index contributed by atoms with van der Waals surface area (Å²) in [6, 6.07) is 14.1. The van der Waals surface area contributed by atoms with Crippen LogP contribution >= 0.6 is 23.5 Å². The minimum Gasteiger partial charge on any atom is -0.378 e. The predicted octanol–water partition coefficient (Wildman–Crippen LogP) is 2.24. The Hall–Kier alpha value is -2.34. The number of hydrogen-bond acceptors (Lipinski definition) is 7. The highest BCUT2D eigenvalue weighted by Gasteiger charge is 2.41. The summed E-state index contributed by atoms with van der Waals surface area (Å²) in [5.41, 5.74) is 6.77. The number of hydrogen-bond donors (Lipinski definition) is 2. The number of thioether (sulfide) groups is 2. The molecular formula is C16H14N4O4S3. The molecule has 1 heterocycles. The Kier molecular flexibility index (Phi) is 5.56. The van der Waals surface area contributed by atoms with Gasteiger partial charge in [-0.25, -0.2) is 23.4 Å².